The molecule has 0 aliphatic heterocycles. The minimum absolute atomic E-state index is 0. The molecular formula is H18CeO13S+. The van der Waals surface area contributed by atoms with E-state index in [9.17, 15) is 0 Å². The third-order valence-corrected chi connectivity index (χ3v) is 0. The Morgan fingerprint density at radius 1 is 0.533 bits per heavy atom. The molecular weight excluding hydrogens is 380 g/mol. The van der Waals surface area contributed by atoms with Crippen LogP contribution >= 0.6 is 0 Å². The summed E-state index contributed by atoms with van der Waals surface area (Å²) < 4.78 is 34.1. The van der Waals surface area contributed by atoms with E-state index in [1.165, 1.54) is 0 Å². The van der Waals surface area contributed by atoms with Crippen LogP contribution < -0.4 is 0 Å². The standard InChI is InChI=1S/Ce.H2O4S.9H2O/c;1-5(2,3)4;;;;;;;;;/h;(H2,1,2,3,4);9*1H2/q+3;;;;;;;;;;/p-2. The van der Waals surface area contributed by atoms with Crippen LogP contribution in [0.5, 0.6) is 0 Å². The van der Waals surface area contributed by atoms with E-state index in [0.29, 0.717) is 0 Å². The monoisotopic (exact) mass is 398 g/mol. The molecule has 13 nitrogen and oxygen atoms in total. The van der Waals surface area contributed by atoms with Crippen molar-refractivity contribution in [2.75, 3.05) is 0 Å². The number of hydrogen-bond donors (Lipinski definition) is 0. The Hall–Kier alpha value is 0.887. The smallest absolute Gasteiger partial charge is 0.759 e. The maximum atomic E-state index is 8.52. The van der Waals surface area contributed by atoms with Gasteiger partial charge in [0.1, 0.15) is 0 Å². The molecule has 0 heterocycles. The molecule has 0 fully saturated rings. The summed E-state index contributed by atoms with van der Waals surface area (Å²) in [4.78, 5) is 0. The molecule has 0 aromatic rings. The van der Waals surface area contributed by atoms with Gasteiger partial charge in [0.05, 0.1) is 0 Å². The van der Waals surface area contributed by atoms with Crippen molar-refractivity contribution in [2.24, 2.45) is 0 Å². The molecule has 0 saturated carbocycles. The maximum absolute atomic E-state index is 8.52. The molecule has 0 amide bonds. The van der Waals surface area contributed by atoms with Crippen LogP contribution in [-0.2, 0) is 10.4 Å². The Kier molecular flexibility index (Phi) is 595. The molecule has 105 valence electrons. The molecule has 18 N–H and O–H groups in total. The van der Waals surface area contributed by atoms with Crippen molar-refractivity contribution >= 4 is 10.4 Å². The first-order valence-corrected chi connectivity index (χ1v) is 2.00. The van der Waals surface area contributed by atoms with Crippen LogP contribution in [-0.4, -0.2) is 66.8 Å². The summed E-state index contributed by atoms with van der Waals surface area (Å²) in [6.07, 6.45) is 0. The molecule has 0 unspecified atom stereocenters. The Morgan fingerprint density at radius 2 is 0.533 bits per heavy atom. The molecule has 0 aromatic heterocycles. The van der Waals surface area contributed by atoms with Gasteiger partial charge in [0.2, 0.25) is 0 Å². The van der Waals surface area contributed by atoms with Crippen LogP contribution in [0.25, 0.3) is 0 Å². The first-order valence-electron chi connectivity index (χ1n) is 0.667. The van der Waals surface area contributed by atoms with Gasteiger partial charge in [0.25, 0.3) is 0 Å². The third-order valence-electron chi connectivity index (χ3n) is 0. The van der Waals surface area contributed by atoms with Gasteiger partial charge in [0, 0.05) is 10.4 Å². The fourth-order valence-corrected chi connectivity index (χ4v) is 0. The molecule has 0 aromatic carbocycles. The van der Waals surface area contributed by atoms with Crippen molar-refractivity contribution < 1.29 is 109 Å². The van der Waals surface area contributed by atoms with E-state index >= 15 is 0 Å². The second-order valence-corrected chi connectivity index (χ2v) is 1.22. The predicted molar refractivity (Wildman–Crippen MR) is 43.0 cm³/mol. The van der Waals surface area contributed by atoms with Crippen LogP contribution in [0.15, 0.2) is 0 Å². The first kappa shape index (κ1) is 147. The summed E-state index contributed by atoms with van der Waals surface area (Å²) in [5.41, 5.74) is 0. The van der Waals surface area contributed by atoms with E-state index in [2.05, 4.69) is 0 Å². The molecule has 15 heavy (non-hydrogen) atoms. The van der Waals surface area contributed by atoms with Gasteiger partial charge in [-0.15, -0.1) is 0 Å². The zero-order chi connectivity index (χ0) is 4.50. The topological polar surface area (TPSA) is 364 Å². The summed E-state index contributed by atoms with van der Waals surface area (Å²) in [6, 6.07) is 0. The second-order valence-electron chi connectivity index (χ2n) is 0.408. The number of hydrogen-bond acceptors (Lipinski definition) is 4. The van der Waals surface area contributed by atoms with Gasteiger partial charge in [-0.2, -0.15) is 0 Å². The van der Waals surface area contributed by atoms with Gasteiger partial charge in [-0.3, -0.25) is 8.42 Å². The summed E-state index contributed by atoms with van der Waals surface area (Å²) in [5.74, 6) is 0. The Bertz CT molecular complexity index is 93.7. The van der Waals surface area contributed by atoms with Crippen molar-refractivity contribution in [1.82, 2.24) is 0 Å². The second kappa shape index (κ2) is 60.5. The molecule has 0 bridgehead atoms. The number of rotatable bonds is 0. The van der Waals surface area contributed by atoms with Gasteiger partial charge >= 0.3 is 41.7 Å². The van der Waals surface area contributed by atoms with Crippen LogP contribution in [0.2, 0.25) is 0 Å². The minimum atomic E-state index is -5.17. The van der Waals surface area contributed by atoms with Crippen LogP contribution in [0.1, 0.15) is 0 Å². The zero-order valence-corrected chi connectivity index (χ0v) is 11.0. The van der Waals surface area contributed by atoms with Crippen molar-refractivity contribution in [3.05, 3.63) is 0 Å². The average molecular weight is 398 g/mol. The fourth-order valence-electron chi connectivity index (χ4n) is 0. The van der Waals surface area contributed by atoms with Crippen molar-refractivity contribution in [3.63, 3.8) is 0 Å². The van der Waals surface area contributed by atoms with Gasteiger partial charge in [-0.1, -0.05) is 0 Å². The van der Waals surface area contributed by atoms with Gasteiger partial charge in [0.15, 0.2) is 0 Å². The van der Waals surface area contributed by atoms with E-state index in [0.717, 1.165) is 0 Å². The molecule has 0 aliphatic carbocycles. The van der Waals surface area contributed by atoms with Crippen molar-refractivity contribution in [3.8, 4) is 0 Å². The molecule has 0 rings (SSSR count). The third kappa shape index (κ3) is 3140. The molecule has 0 aliphatic rings. The summed E-state index contributed by atoms with van der Waals surface area (Å²) in [6.45, 7) is 0. The first-order chi connectivity index (χ1) is 2.00. The normalized spacial score (nSPS) is 3.87. The van der Waals surface area contributed by atoms with Crippen LogP contribution in [0, 0.1) is 41.7 Å². The molecule has 1 radical (unpaired) electrons. The molecule has 0 spiro atoms. The van der Waals surface area contributed by atoms with Crippen molar-refractivity contribution in [1.29, 1.82) is 0 Å². The maximum Gasteiger partial charge on any atom is 3.00 e. The SMILES string of the molecule is O.O.O.O.O.O.O.O.O.O=S(=O)([O-])[O-].[Ce+3]. The van der Waals surface area contributed by atoms with E-state index < -0.39 is 10.4 Å². The summed E-state index contributed by atoms with van der Waals surface area (Å²) in [5, 5.41) is 0. The molecule has 0 saturated heterocycles. The van der Waals surface area contributed by atoms with E-state index in [1.807, 2.05) is 0 Å². The van der Waals surface area contributed by atoms with E-state index in [-0.39, 0.29) is 91.0 Å². The Morgan fingerprint density at radius 3 is 0.533 bits per heavy atom. The minimum Gasteiger partial charge on any atom is -0.759 e. The molecule has 15 heteroatoms. The van der Waals surface area contributed by atoms with Crippen LogP contribution in [0.4, 0.5) is 0 Å². The van der Waals surface area contributed by atoms with Crippen molar-refractivity contribution in [2.45, 2.75) is 0 Å². The van der Waals surface area contributed by atoms with Gasteiger partial charge in [-0.05, 0) is 0 Å². The summed E-state index contributed by atoms with van der Waals surface area (Å²) in [7, 11) is -5.17. The van der Waals surface area contributed by atoms with E-state index in [4.69, 9.17) is 17.5 Å². The zero-order valence-electron chi connectivity index (χ0n) is 7.04. The Labute approximate surface area is 118 Å². The molecule has 0 atom stereocenters. The van der Waals surface area contributed by atoms with Crippen LogP contribution in [0.3, 0.4) is 0 Å². The average Bonchev–Trinajstić information content (AvgIpc) is 0.722. The quantitative estimate of drug-likeness (QED) is 0.283. The fraction of sp³-hybridized carbons (Fsp3) is 0. The predicted octanol–water partition coefficient (Wildman–Crippen LogP) is -8.76. The van der Waals surface area contributed by atoms with Gasteiger partial charge in [-0.25, -0.2) is 0 Å². The van der Waals surface area contributed by atoms with Gasteiger partial charge < -0.3 is 58.4 Å². The largest absolute Gasteiger partial charge is 3.00 e. The Balaban J connectivity index is -0.00000000178. The summed E-state index contributed by atoms with van der Waals surface area (Å²) >= 11 is 0. The van der Waals surface area contributed by atoms with E-state index in [1.54, 1.807) is 0 Å².